The number of pyridine rings is 1. The van der Waals surface area contributed by atoms with Gasteiger partial charge < -0.3 is 19.5 Å². The molecule has 1 aromatic heterocycles. The number of carbonyl (C=O) groups is 1. The Morgan fingerprint density at radius 1 is 1.11 bits per heavy atom. The number of carbonyl (C=O) groups excluding carboxylic acids is 1. The molecule has 3 aromatic rings. The maximum Gasteiger partial charge on any atom is 0.253 e. The van der Waals surface area contributed by atoms with E-state index in [1.54, 1.807) is 7.11 Å². The number of aryl methyl sites for hydroxylation is 1. The second kappa shape index (κ2) is 7.76. The van der Waals surface area contributed by atoms with Gasteiger partial charge in [-0.05, 0) is 55.3 Å². The number of ether oxygens (including phenoxy) is 3. The van der Waals surface area contributed by atoms with Gasteiger partial charge in [0.2, 0.25) is 0 Å². The van der Waals surface area contributed by atoms with Gasteiger partial charge in [-0.3, -0.25) is 9.78 Å². The minimum Gasteiger partial charge on any atom is -0.497 e. The van der Waals surface area contributed by atoms with E-state index in [1.165, 1.54) is 0 Å². The highest BCUT2D eigenvalue weighted by Gasteiger charge is 2.14. The fraction of sp³-hybridized carbons (Fsp3) is 0.273. The lowest BCUT2D eigenvalue weighted by atomic mass is 10.1. The Bertz CT molecular complexity index is 1030. The van der Waals surface area contributed by atoms with Gasteiger partial charge in [0.25, 0.3) is 5.91 Å². The summed E-state index contributed by atoms with van der Waals surface area (Å²) >= 11 is 0. The Morgan fingerprint density at radius 3 is 2.75 bits per heavy atom. The lowest BCUT2D eigenvalue weighted by molar-refractivity contribution is 0.0953. The van der Waals surface area contributed by atoms with E-state index in [4.69, 9.17) is 14.2 Å². The smallest absolute Gasteiger partial charge is 0.253 e. The summed E-state index contributed by atoms with van der Waals surface area (Å²) in [5.74, 6) is 2.14. The van der Waals surface area contributed by atoms with Gasteiger partial charge in [-0.25, -0.2) is 0 Å². The van der Waals surface area contributed by atoms with Crippen LogP contribution in [0.1, 0.15) is 21.6 Å². The van der Waals surface area contributed by atoms with Crippen molar-refractivity contribution in [3.05, 3.63) is 59.3 Å². The van der Waals surface area contributed by atoms with Crippen molar-refractivity contribution >= 4 is 16.8 Å². The lowest BCUT2D eigenvalue weighted by Gasteiger charge is -2.19. The van der Waals surface area contributed by atoms with E-state index >= 15 is 0 Å². The molecule has 6 heteroatoms. The molecule has 0 aliphatic carbocycles. The summed E-state index contributed by atoms with van der Waals surface area (Å²) in [5.41, 5.74) is 3.20. The Hall–Kier alpha value is -3.28. The van der Waals surface area contributed by atoms with Crippen molar-refractivity contribution in [3.8, 4) is 17.2 Å². The van der Waals surface area contributed by atoms with Crippen LogP contribution in [0.3, 0.4) is 0 Å². The molecule has 1 aliphatic rings. The highest BCUT2D eigenvalue weighted by Crippen LogP contribution is 2.30. The molecule has 0 fully saturated rings. The maximum atomic E-state index is 12.7. The Morgan fingerprint density at radius 2 is 1.93 bits per heavy atom. The molecular weight excluding hydrogens is 356 g/mol. The number of nitrogens with one attached hydrogen (secondary N) is 1. The van der Waals surface area contributed by atoms with Gasteiger partial charge in [-0.2, -0.15) is 0 Å². The van der Waals surface area contributed by atoms with E-state index < -0.39 is 0 Å². The third-order valence-corrected chi connectivity index (χ3v) is 4.76. The largest absolute Gasteiger partial charge is 0.497 e. The van der Waals surface area contributed by atoms with E-state index in [2.05, 4.69) is 10.3 Å². The predicted molar refractivity (Wildman–Crippen MR) is 107 cm³/mol. The SMILES string of the molecule is COc1ccc2nc(C)c(C(=O)NCCc3ccc4c(c3)OCCO4)cc2c1. The average Bonchev–Trinajstić information content (AvgIpc) is 2.72. The molecule has 1 aliphatic heterocycles. The number of methoxy groups -OCH3 is 1. The topological polar surface area (TPSA) is 69.7 Å². The number of fused-ring (bicyclic) bond motifs is 2. The first-order chi connectivity index (χ1) is 13.6. The van der Waals surface area contributed by atoms with Crippen LogP contribution in [0.4, 0.5) is 0 Å². The standard InChI is InChI=1S/C22H22N2O4/c1-14-18(13-16-12-17(26-2)4-5-19(16)24-14)22(25)23-8-7-15-3-6-20-21(11-15)28-10-9-27-20/h3-6,11-13H,7-10H2,1-2H3,(H,23,25). The number of rotatable bonds is 5. The van der Waals surface area contributed by atoms with E-state index in [0.717, 1.165) is 33.7 Å². The van der Waals surface area contributed by atoms with Crippen molar-refractivity contribution in [2.75, 3.05) is 26.9 Å². The van der Waals surface area contributed by atoms with Gasteiger partial charge in [0.15, 0.2) is 11.5 Å². The van der Waals surface area contributed by atoms with E-state index in [-0.39, 0.29) is 5.91 Å². The summed E-state index contributed by atoms with van der Waals surface area (Å²) in [6.07, 6.45) is 0.705. The Balaban J connectivity index is 1.44. The molecule has 0 saturated heterocycles. The number of amides is 1. The van der Waals surface area contributed by atoms with Gasteiger partial charge in [-0.1, -0.05) is 6.07 Å². The number of hydrogen-bond acceptors (Lipinski definition) is 5. The molecular formula is C22H22N2O4. The molecule has 28 heavy (non-hydrogen) atoms. The molecule has 1 N–H and O–H groups in total. The Kier molecular flexibility index (Phi) is 5.02. The van der Waals surface area contributed by atoms with Gasteiger partial charge in [0, 0.05) is 11.9 Å². The molecule has 2 aromatic carbocycles. The van der Waals surface area contributed by atoms with Crippen molar-refractivity contribution in [1.82, 2.24) is 10.3 Å². The summed E-state index contributed by atoms with van der Waals surface area (Å²) in [6, 6.07) is 13.4. The van der Waals surface area contributed by atoms with Crippen molar-refractivity contribution in [3.63, 3.8) is 0 Å². The summed E-state index contributed by atoms with van der Waals surface area (Å²) < 4.78 is 16.4. The van der Waals surface area contributed by atoms with Crippen LogP contribution < -0.4 is 19.5 Å². The first-order valence-electron chi connectivity index (χ1n) is 9.26. The number of benzene rings is 2. The van der Waals surface area contributed by atoms with Crippen LogP contribution in [-0.2, 0) is 6.42 Å². The van der Waals surface area contributed by atoms with Crippen molar-refractivity contribution in [1.29, 1.82) is 0 Å². The monoisotopic (exact) mass is 378 g/mol. The molecule has 2 heterocycles. The van der Waals surface area contributed by atoms with Crippen LogP contribution in [0, 0.1) is 6.92 Å². The first kappa shape index (κ1) is 18.1. The number of aromatic nitrogens is 1. The minimum atomic E-state index is -0.132. The van der Waals surface area contributed by atoms with E-state index in [1.807, 2.05) is 49.4 Å². The number of hydrogen-bond donors (Lipinski definition) is 1. The van der Waals surface area contributed by atoms with Crippen LogP contribution in [0.5, 0.6) is 17.2 Å². The summed E-state index contributed by atoms with van der Waals surface area (Å²) in [4.78, 5) is 17.2. The zero-order chi connectivity index (χ0) is 19.5. The van der Waals surface area contributed by atoms with E-state index in [9.17, 15) is 4.79 Å². The fourth-order valence-corrected chi connectivity index (χ4v) is 3.27. The second-order valence-electron chi connectivity index (χ2n) is 6.66. The fourth-order valence-electron chi connectivity index (χ4n) is 3.27. The molecule has 0 saturated carbocycles. The highest BCUT2D eigenvalue weighted by molar-refractivity contribution is 5.98. The first-order valence-corrected chi connectivity index (χ1v) is 9.26. The average molecular weight is 378 g/mol. The zero-order valence-electron chi connectivity index (χ0n) is 16.0. The van der Waals surface area contributed by atoms with Crippen molar-refractivity contribution in [2.24, 2.45) is 0 Å². The third kappa shape index (κ3) is 3.71. The molecule has 4 rings (SSSR count). The summed E-state index contributed by atoms with van der Waals surface area (Å²) in [6.45, 7) is 3.51. The maximum absolute atomic E-state index is 12.7. The third-order valence-electron chi connectivity index (χ3n) is 4.76. The predicted octanol–water partition coefficient (Wildman–Crippen LogP) is 3.30. The molecule has 0 unspecified atom stereocenters. The molecule has 1 amide bonds. The van der Waals surface area contributed by atoms with Gasteiger partial charge in [0.05, 0.1) is 23.9 Å². The van der Waals surface area contributed by atoms with Crippen LogP contribution >= 0.6 is 0 Å². The molecule has 0 radical (unpaired) electrons. The highest BCUT2D eigenvalue weighted by atomic mass is 16.6. The lowest BCUT2D eigenvalue weighted by Crippen LogP contribution is -2.26. The zero-order valence-corrected chi connectivity index (χ0v) is 16.0. The summed E-state index contributed by atoms with van der Waals surface area (Å²) in [7, 11) is 1.62. The molecule has 0 spiro atoms. The van der Waals surface area contributed by atoms with Crippen LogP contribution in [0.2, 0.25) is 0 Å². The van der Waals surface area contributed by atoms with Crippen LogP contribution in [-0.4, -0.2) is 37.8 Å². The molecule has 6 nitrogen and oxygen atoms in total. The van der Waals surface area contributed by atoms with E-state index in [0.29, 0.717) is 37.4 Å². The van der Waals surface area contributed by atoms with Gasteiger partial charge in [-0.15, -0.1) is 0 Å². The Labute approximate surface area is 163 Å². The van der Waals surface area contributed by atoms with Crippen LogP contribution in [0.25, 0.3) is 10.9 Å². The van der Waals surface area contributed by atoms with Gasteiger partial charge in [0.1, 0.15) is 19.0 Å². The van der Waals surface area contributed by atoms with Crippen LogP contribution in [0.15, 0.2) is 42.5 Å². The molecule has 0 bridgehead atoms. The van der Waals surface area contributed by atoms with Crippen molar-refractivity contribution in [2.45, 2.75) is 13.3 Å². The van der Waals surface area contributed by atoms with Crippen molar-refractivity contribution < 1.29 is 19.0 Å². The number of nitrogens with zero attached hydrogens (tertiary/aromatic N) is 1. The second-order valence-corrected chi connectivity index (χ2v) is 6.66. The quantitative estimate of drug-likeness (QED) is 0.738. The molecule has 0 atom stereocenters. The minimum absolute atomic E-state index is 0.132. The van der Waals surface area contributed by atoms with Gasteiger partial charge >= 0.3 is 0 Å². The molecule has 144 valence electrons. The summed E-state index contributed by atoms with van der Waals surface area (Å²) in [5, 5.41) is 3.86. The normalized spacial score (nSPS) is 12.6.